The lowest BCUT2D eigenvalue weighted by atomic mass is 9.85. The molecule has 1 aliphatic rings. The van der Waals surface area contributed by atoms with Crippen molar-refractivity contribution in [2.75, 3.05) is 20.6 Å². The largest absolute Gasteiger partial charge is 0.308 e. The van der Waals surface area contributed by atoms with Crippen molar-refractivity contribution in [1.82, 2.24) is 10.2 Å². The lowest BCUT2D eigenvalue weighted by Crippen LogP contribution is -2.40. The van der Waals surface area contributed by atoms with Crippen LogP contribution < -0.4 is 5.32 Å². The fourth-order valence-electron chi connectivity index (χ4n) is 2.85. The summed E-state index contributed by atoms with van der Waals surface area (Å²) in [4.78, 5) is 2.26. The molecule has 1 N–H and O–H groups in total. The molecule has 0 spiro atoms. The first-order chi connectivity index (χ1) is 8.42. The zero-order valence-corrected chi connectivity index (χ0v) is 12.3. The maximum absolute atomic E-state index is 3.77. The standard InChI is InChI=1S/C16H26N2/c1-12(18(4)5)11-17-15-14-9-7-6-8-13(14)10-16(15,2)3/h6-9,12,15,17H,10-11H2,1-5H3. The fraction of sp³-hybridized carbons (Fsp3) is 0.625. The van der Waals surface area contributed by atoms with Gasteiger partial charge in [-0.15, -0.1) is 0 Å². The number of likely N-dealkylation sites (N-methyl/N-ethyl adjacent to an activating group) is 1. The summed E-state index contributed by atoms with van der Waals surface area (Å²) in [6, 6.07) is 9.91. The van der Waals surface area contributed by atoms with Gasteiger partial charge < -0.3 is 10.2 Å². The normalized spacial score (nSPS) is 23.1. The van der Waals surface area contributed by atoms with Crippen molar-refractivity contribution in [3.8, 4) is 0 Å². The molecule has 1 aromatic rings. The minimum absolute atomic E-state index is 0.315. The highest BCUT2D eigenvalue weighted by atomic mass is 15.1. The van der Waals surface area contributed by atoms with E-state index in [0.717, 1.165) is 6.54 Å². The van der Waals surface area contributed by atoms with Crippen LogP contribution in [0.25, 0.3) is 0 Å². The molecule has 0 radical (unpaired) electrons. The molecular formula is C16H26N2. The molecule has 2 heteroatoms. The monoisotopic (exact) mass is 246 g/mol. The lowest BCUT2D eigenvalue weighted by molar-refractivity contribution is 0.235. The number of hydrogen-bond acceptors (Lipinski definition) is 2. The number of hydrogen-bond donors (Lipinski definition) is 1. The van der Waals surface area contributed by atoms with Gasteiger partial charge in [0.25, 0.3) is 0 Å². The van der Waals surface area contributed by atoms with Gasteiger partial charge in [0.2, 0.25) is 0 Å². The highest BCUT2D eigenvalue weighted by Gasteiger charge is 2.38. The van der Waals surface area contributed by atoms with Crippen molar-refractivity contribution in [3.63, 3.8) is 0 Å². The second-order valence-electron chi connectivity index (χ2n) is 6.52. The molecule has 2 rings (SSSR count). The minimum atomic E-state index is 0.315. The number of fused-ring (bicyclic) bond motifs is 1. The Labute approximate surface area is 111 Å². The van der Waals surface area contributed by atoms with Crippen LogP contribution in [-0.2, 0) is 6.42 Å². The quantitative estimate of drug-likeness (QED) is 0.879. The van der Waals surface area contributed by atoms with Gasteiger partial charge in [0, 0.05) is 18.6 Å². The molecular weight excluding hydrogens is 220 g/mol. The molecule has 0 amide bonds. The Kier molecular flexibility index (Phi) is 3.79. The van der Waals surface area contributed by atoms with E-state index in [2.05, 4.69) is 69.3 Å². The molecule has 2 nitrogen and oxygen atoms in total. The van der Waals surface area contributed by atoms with E-state index >= 15 is 0 Å². The van der Waals surface area contributed by atoms with Crippen LogP contribution in [0.1, 0.15) is 37.9 Å². The van der Waals surface area contributed by atoms with Gasteiger partial charge in [-0.25, -0.2) is 0 Å². The van der Waals surface area contributed by atoms with Crippen molar-refractivity contribution in [2.24, 2.45) is 5.41 Å². The van der Waals surface area contributed by atoms with E-state index in [1.165, 1.54) is 17.5 Å². The zero-order chi connectivity index (χ0) is 13.3. The Bertz CT molecular complexity index is 409. The summed E-state index contributed by atoms with van der Waals surface area (Å²) in [6.45, 7) is 8.03. The van der Waals surface area contributed by atoms with Crippen molar-refractivity contribution in [2.45, 2.75) is 39.3 Å². The van der Waals surface area contributed by atoms with Gasteiger partial charge >= 0.3 is 0 Å². The predicted octanol–water partition coefficient (Wildman–Crippen LogP) is 2.85. The Morgan fingerprint density at radius 1 is 1.33 bits per heavy atom. The Morgan fingerprint density at radius 3 is 2.67 bits per heavy atom. The van der Waals surface area contributed by atoms with Crippen LogP contribution in [0.3, 0.4) is 0 Å². The second-order valence-corrected chi connectivity index (χ2v) is 6.52. The summed E-state index contributed by atoms with van der Waals surface area (Å²) in [7, 11) is 4.28. The molecule has 0 aliphatic heterocycles. The molecule has 0 heterocycles. The van der Waals surface area contributed by atoms with Crippen LogP contribution in [0.2, 0.25) is 0 Å². The first kappa shape index (κ1) is 13.6. The molecule has 2 unspecified atom stereocenters. The molecule has 0 saturated heterocycles. The zero-order valence-electron chi connectivity index (χ0n) is 12.3. The Hall–Kier alpha value is -0.860. The summed E-state index contributed by atoms with van der Waals surface area (Å²) in [5.41, 5.74) is 3.32. The van der Waals surface area contributed by atoms with Crippen molar-refractivity contribution < 1.29 is 0 Å². The maximum atomic E-state index is 3.77. The molecule has 0 aromatic heterocycles. The van der Waals surface area contributed by atoms with Gasteiger partial charge in [-0.05, 0) is 44.0 Å². The predicted molar refractivity (Wildman–Crippen MR) is 77.8 cm³/mol. The molecule has 0 saturated carbocycles. The van der Waals surface area contributed by atoms with Crippen LogP contribution in [-0.4, -0.2) is 31.6 Å². The summed E-state index contributed by atoms with van der Waals surface area (Å²) >= 11 is 0. The third kappa shape index (κ3) is 2.60. The summed E-state index contributed by atoms with van der Waals surface area (Å²) < 4.78 is 0. The third-order valence-electron chi connectivity index (χ3n) is 4.29. The molecule has 2 atom stereocenters. The molecule has 18 heavy (non-hydrogen) atoms. The van der Waals surface area contributed by atoms with Gasteiger partial charge in [-0.1, -0.05) is 38.1 Å². The van der Waals surface area contributed by atoms with E-state index in [1.807, 2.05) is 0 Å². The van der Waals surface area contributed by atoms with Gasteiger partial charge in [-0.2, -0.15) is 0 Å². The van der Waals surface area contributed by atoms with Crippen LogP contribution in [0, 0.1) is 5.41 Å². The van der Waals surface area contributed by atoms with E-state index in [9.17, 15) is 0 Å². The van der Waals surface area contributed by atoms with E-state index in [1.54, 1.807) is 0 Å². The summed E-state index contributed by atoms with van der Waals surface area (Å²) in [6.07, 6.45) is 1.18. The smallest absolute Gasteiger partial charge is 0.0378 e. The van der Waals surface area contributed by atoms with Gasteiger partial charge in [0.15, 0.2) is 0 Å². The number of rotatable bonds is 4. The van der Waals surface area contributed by atoms with Gasteiger partial charge in [0.05, 0.1) is 0 Å². The fourth-order valence-corrected chi connectivity index (χ4v) is 2.85. The van der Waals surface area contributed by atoms with E-state index in [-0.39, 0.29) is 0 Å². The Morgan fingerprint density at radius 2 is 2.00 bits per heavy atom. The SMILES string of the molecule is CC(CNC1c2ccccc2CC1(C)C)N(C)C. The molecule has 0 fully saturated rings. The van der Waals surface area contributed by atoms with Crippen molar-refractivity contribution >= 4 is 0 Å². The minimum Gasteiger partial charge on any atom is -0.308 e. The first-order valence-corrected chi connectivity index (χ1v) is 6.89. The van der Waals surface area contributed by atoms with E-state index in [4.69, 9.17) is 0 Å². The average Bonchev–Trinajstić information content (AvgIpc) is 2.55. The van der Waals surface area contributed by atoms with Crippen LogP contribution in [0.4, 0.5) is 0 Å². The molecule has 0 bridgehead atoms. The molecule has 1 aromatic carbocycles. The number of benzene rings is 1. The number of nitrogens with zero attached hydrogens (tertiary/aromatic N) is 1. The van der Waals surface area contributed by atoms with E-state index < -0.39 is 0 Å². The molecule has 100 valence electrons. The number of nitrogens with one attached hydrogen (secondary N) is 1. The maximum Gasteiger partial charge on any atom is 0.0378 e. The summed E-state index contributed by atoms with van der Waals surface area (Å²) in [5, 5.41) is 3.77. The Balaban J connectivity index is 2.11. The average molecular weight is 246 g/mol. The topological polar surface area (TPSA) is 15.3 Å². The van der Waals surface area contributed by atoms with Gasteiger partial charge in [-0.3, -0.25) is 0 Å². The summed E-state index contributed by atoms with van der Waals surface area (Å²) in [5.74, 6) is 0. The highest BCUT2D eigenvalue weighted by Crippen LogP contribution is 2.44. The van der Waals surface area contributed by atoms with Crippen molar-refractivity contribution in [1.29, 1.82) is 0 Å². The highest BCUT2D eigenvalue weighted by molar-refractivity contribution is 5.37. The lowest BCUT2D eigenvalue weighted by Gasteiger charge is -2.31. The van der Waals surface area contributed by atoms with Gasteiger partial charge in [0.1, 0.15) is 0 Å². The van der Waals surface area contributed by atoms with Crippen LogP contribution in [0.5, 0.6) is 0 Å². The molecule has 1 aliphatic carbocycles. The van der Waals surface area contributed by atoms with Crippen LogP contribution >= 0.6 is 0 Å². The van der Waals surface area contributed by atoms with E-state index in [0.29, 0.717) is 17.5 Å². The van der Waals surface area contributed by atoms with Crippen LogP contribution in [0.15, 0.2) is 24.3 Å². The second kappa shape index (κ2) is 5.02. The third-order valence-corrected chi connectivity index (χ3v) is 4.29. The van der Waals surface area contributed by atoms with Crippen molar-refractivity contribution in [3.05, 3.63) is 35.4 Å². The first-order valence-electron chi connectivity index (χ1n) is 6.89.